The van der Waals surface area contributed by atoms with Crippen LogP contribution in [0.5, 0.6) is 0 Å². The van der Waals surface area contributed by atoms with Crippen LogP contribution in [0.2, 0.25) is 0 Å². The molecule has 1 aliphatic heterocycles. The maximum Gasteiger partial charge on any atom is 0.234 e. The fraction of sp³-hybridized carbons (Fsp3) is 0.579. The fourth-order valence-electron chi connectivity index (χ4n) is 3.46. The van der Waals surface area contributed by atoms with Gasteiger partial charge in [0.15, 0.2) is 0 Å². The van der Waals surface area contributed by atoms with Crippen LogP contribution in [0.3, 0.4) is 0 Å². The summed E-state index contributed by atoms with van der Waals surface area (Å²) in [5.74, 6) is 0.143. The molecule has 1 N–H and O–H groups in total. The normalized spacial score (nSPS) is 18.9. The Balaban J connectivity index is 1.38. The molecule has 2 heterocycles. The maximum atomic E-state index is 12.1. The van der Waals surface area contributed by atoms with Crippen molar-refractivity contribution in [2.45, 2.75) is 38.5 Å². The Kier molecular flexibility index (Phi) is 5.86. The van der Waals surface area contributed by atoms with E-state index in [4.69, 9.17) is 0 Å². The number of allylic oxidation sites excluding steroid dienone is 1. The first-order valence-electron chi connectivity index (χ1n) is 9.06. The molecule has 0 bridgehead atoms. The molecule has 3 rings (SSSR count). The SMILES string of the molecule is Cn1cc(C2=CCN(CC(=O)NCCC3=CCCCC3)CC2)cn1. The summed E-state index contributed by atoms with van der Waals surface area (Å²) in [7, 11) is 1.94. The largest absolute Gasteiger partial charge is 0.355 e. The Morgan fingerprint density at radius 2 is 2.21 bits per heavy atom. The molecule has 0 spiro atoms. The van der Waals surface area contributed by atoms with Crippen LogP contribution >= 0.6 is 0 Å². The molecule has 5 heteroatoms. The van der Waals surface area contributed by atoms with E-state index in [2.05, 4.69) is 27.5 Å². The van der Waals surface area contributed by atoms with Crippen LogP contribution in [-0.2, 0) is 11.8 Å². The number of hydrogen-bond donors (Lipinski definition) is 1. The number of carbonyl (C=O) groups is 1. The maximum absolute atomic E-state index is 12.1. The third kappa shape index (κ3) is 4.81. The number of rotatable bonds is 6. The fourth-order valence-corrected chi connectivity index (χ4v) is 3.46. The van der Waals surface area contributed by atoms with Crippen molar-refractivity contribution in [3.8, 4) is 0 Å². The van der Waals surface area contributed by atoms with Gasteiger partial charge in [-0.2, -0.15) is 5.10 Å². The Hall–Kier alpha value is -1.88. The zero-order chi connectivity index (χ0) is 16.8. The summed E-state index contributed by atoms with van der Waals surface area (Å²) in [6.07, 6.45) is 15.6. The van der Waals surface area contributed by atoms with Crippen molar-refractivity contribution >= 4 is 11.5 Å². The highest BCUT2D eigenvalue weighted by molar-refractivity contribution is 5.78. The van der Waals surface area contributed by atoms with Crippen LogP contribution in [0.4, 0.5) is 0 Å². The van der Waals surface area contributed by atoms with Gasteiger partial charge in [-0.25, -0.2) is 0 Å². The van der Waals surface area contributed by atoms with Crippen molar-refractivity contribution in [2.75, 3.05) is 26.2 Å². The summed E-state index contributed by atoms with van der Waals surface area (Å²) < 4.78 is 1.83. The Morgan fingerprint density at radius 1 is 1.29 bits per heavy atom. The quantitative estimate of drug-likeness (QED) is 0.817. The molecule has 1 amide bonds. The van der Waals surface area contributed by atoms with Crippen LogP contribution in [-0.4, -0.2) is 46.8 Å². The molecule has 0 saturated carbocycles. The summed E-state index contributed by atoms with van der Waals surface area (Å²) in [5, 5.41) is 7.29. The van der Waals surface area contributed by atoms with Crippen LogP contribution in [0, 0.1) is 0 Å². The lowest BCUT2D eigenvalue weighted by atomic mass is 9.97. The minimum atomic E-state index is 0.143. The molecule has 1 aromatic heterocycles. The average Bonchev–Trinajstić information content (AvgIpc) is 3.03. The summed E-state index contributed by atoms with van der Waals surface area (Å²) in [6.45, 7) is 3.03. The molecule has 0 unspecified atom stereocenters. The van der Waals surface area contributed by atoms with Gasteiger partial charge in [0.05, 0.1) is 12.7 Å². The van der Waals surface area contributed by atoms with Crippen LogP contribution in [0.15, 0.2) is 30.1 Å². The third-order valence-electron chi connectivity index (χ3n) is 4.89. The molecule has 0 atom stereocenters. The van der Waals surface area contributed by atoms with Gasteiger partial charge in [0.2, 0.25) is 5.91 Å². The van der Waals surface area contributed by atoms with Gasteiger partial charge >= 0.3 is 0 Å². The number of aryl methyl sites for hydroxylation is 1. The smallest absolute Gasteiger partial charge is 0.234 e. The minimum absolute atomic E-state index is 0.143. The predicted octanol–water partition coefficient (Wildman–Crippen LogP) is 2.52. The highest BCUT2D eigenvalue weighted by atomic mass is 16.2. The zero-order valence-corrected chi connectivity index (χ0v) is 14.6. The first kappa shape index (κ1) is 17.0. The van der Waals surface area contributed by atoms with E-state index in [1.54, 1.807) is 0 Å². The third-order valence-corrected chi connectivity index (χ3v) is 4.89. The van der Waals surface area contributed by atoms with Crippen molar-refractivity contribution in [3.05, 3.63) is 35.7 Å². The molecule has 0 saturated heterocycles. The molecule has 0 fully saturated rings. The topological polar surface area (TPSA) is 50.2 Å². The lowest BCUT2D eigenvalue weighted by Gasteiger charge is -2.25. The number of hydrogen-bond acceptors (Lipinski definition) is 3. The molecular weight excluding hydrogens is 300 g/mol. The van der Waals surface area contributed by atoms with E-state index in [-0.39, 0.29) is 5.91 Å². The van der Waals surface area contributed by atoms with E-state index in [0.717, 1.165) is 32.5 Å². The van der Waals surface area contributed by atoms with Gasteiger partial charge in [0.1, 0.15) is 0 Å². The van der Waals surface area contributed by atoms with Crippen molar-refractivity contribution in [1.82, 2.24) is 20.0 Å². The van der Waals surface area contributed by atoms with Crippen LogP contribution < -0.4 is 5.32 Å². The lowest BCUT2D eigenvalue weighted by molar-refractivity contribution is -0.122. The average molecular weight is 328 g/mol. The highest BCUT2D eigenvalue weighted by Gasteiger charge is 2.16. The van der Waals surface area contributed by atoms with Crippen molar-refractivity contribution in [2.24, 2.45) is 7.05 Å². The van der Waals surface area contributed by atoms with E-state index < -0.39 is 0 Å². The van der Waals surface area contributed by atoms with Crippen LogP contribution in [0.25, 0.3) is 5.57 Å². The minimum Gasteiger partial charge on any atom is -0.355 e. The van der Waals surface area contributed by atoms with E-state index in [9.17, 15) is 4.79 Å². The van der Waals surface area contributed by atoms with Gasteiger partial charge in [-0.15, -0.1) is 0 Å². The number of carbonyl (C=O) groups excluding carboxylic acids is 1. The molecule has 1 aromatic rings. The Labute approximate surface area is 144 Å². The van der Waals surface area contributed by atoms with Crippen molar-refractivity contribution < 1.29 is 4.79 Å². The first-order valence-corrected chi connectivity index (χ1v) is 9.06. The monoisotopic (exact) mass is 328 g/mol. The molecule has 2 aliphatic rings. The summed E-state index contributed by atoms with van der Waals surface area (Å²) in [5.41, 5.74) is 4.05. The van der Waals surface area contributed by atoms with E-state index in [0.29, 0.717) is 6.54 Å². The molecule has 1 aliphatic carbocycles. The van der Waals surface area contributed by atoms with Gasteiger partial charge in [-0.3, -0.25) is 14.4 Å². The van der Waals surface area contributed by atoms with E-state index in [1.807, 2.05) is 24.1 Å². The van der Waals surface area contributed by atoms with Crippen LogP contribution in [0.1, 0.15) is 44.1 Å². The van der Waals surface area contributed by atoms with Gasteiger partial charge in [-0.1, -0.05) is 17.7 Å². The zero-order valence-electron chi connectivity index (χ0n) is 14.6. The second kappa shape index (κ2) is 8.29. The predicted molar refractivity (Wildman–Crippen MR) is 96.4 cm³/mol. The molecule has 0 aromatic carbocycles. The summed E-state index contributed by atoms with van der Waals surface area (Å²) in [4.78, 5) is 14.3. The number of aromatic nitrogens is 2. The number of amides is 1. The Morgan fingerprint density at radius 3 is 2.88 bits per heavy atom. The molecule has 24 heavy (non-hydrogen) atoms. The first-order chi connectivity index (χ1) is 11.7. The van der Waals surface area contributed by atoms with Gasteiger partial charge < -0.3 is 5.32 Å². The molecule has 5 nitrogen and oxygen atoms in total. The Bertz CT molecular complexity index is 629. The van der Waals surface area contributed by atoms with E-state index in [1.165, 1.54) is 42.4 Å². The second-order valence-electron chi connectivity index (χ2n) is 6.83. The molecule has 130 valence electrons. The number of nitrogens with zero attached hydrogens (tertiary/aromatic N) is 3. The summed E-state index contributed by atoms with van der Waals surface area (Å²) >= 11 is 0. The summed E-state index contributed by atoms with van der Waals surface area (Å²) in [6, 6.07) is 0. The second-order valence-corrected chi connectivity index (χ2v) is 6.83. The van der Waals surface area contributed by atoms with Gasteiger partial charge in [0.25, 0.3) is 0 Å². The highest BCUT2D eigenvalue weighted by Crippen LogP contribution is 2.21. The molecular formula is C19H28N4O. The number of nitrogens with one attached hydrogen (secondary N) is 1. The lowest BCUT2D eigenvalue weighted by Crippen LogP contribution is -2.39. The van der Waals surface area contributed by atoms with Crippen molar-refractivity contribution in [3.63, 3.8) is 0 Å². The van der Waals surface area contributed by atoms with Crippen molar-refractivity contribution in [1.29, 1.82) is 0 Å². The van der Waals surface area contributed by atoms with Gasteiger partial charge in [-0.05, 0) is 44.1 Å². The van der Waals surface area contributed by atoms with E-state index >= 15 is 0 Å². The molecule has 0 radical (unpaired) electrons. The standard InChI is InChI=1S/C19H28N4O/c1-22-14-18(13-21-22)17-8-11-23(12-9-17)15-19(24)20-10-7-16-5-3-2-4-6-16/h5,8,13-14H,2-4,6-7,9-12,15H2,1H3,(H,20,24). The van der Waals surface area contributed by atoms with Gasteiger partial charge in [0, 0.05) is 38.4 Å².